The molecule has 6 heteroatoms. The Labute approximate surface area is 118 Å². The van der Waals surface area contributed by atoms with Crippen molar-refractivity contribution in [3.8, 4) is 0 Å². The van der Waals surface area contributed by atoms with Crippen molar-refractivity contribution in [2.45, 2.75) is 32.4 Å². The number of H-pyrrole nitrogens is 1. The van der Waals surface area contributed by atoms with Gasteiger partial charge in [-0.15, -0.1) is 0 Å². The molecule has 0 aromatic carbocycles. The highest BCUT2D eigenvalue weighted by molar-refractivity contribution is 5.44. The quantitative estimate of drug-likeness (QED) is 0.922. The highest BCUT2D eigenvalue weighted by Gasteiger charge is 2.28. The van der Waals surface area contributed by atoms with E-state index in [2.05, 4.69) is 25.1 Å². The van der Waals surface area contributed by atoms with E-state index in [-0.39, 0.29) is 0 Å². The molecule has 0 amide bonds. The number of ether oxygens (including phenoxy) is 1. The predicted octanol–water partition coefficient (Wildman–Crippen LogP) is 2.00. The van der Waals surface area contributed by atoms with Gasteiger partial charge in [-0.2, -0.15) is 5.10 Å². The molecule has 1 atom stereocenters. The Morgan fingerprint density at radius 2 is 2.35 bits per heavy atom. The van der Waals surface area contributed by atoms with Gasteiger partial charge in [-0.1, -0.05) is 0 Å². The first kappa shape index (κ1) is 13.1. The van der Waals surface area contributed by atoms with Crippen molar-refractivity contribution in [2.24, 2.45) is 0 Å². The fourth-order valence-corrected chi connectivity index (χ4v) is 2.78. The summed E-state index contributed by atoms with van der Waals surface area (Å²) in [5.74, 6) is 1.72. The number of hydrogen-bond donors (Lipinski definition) is 1. The van der Waals surface area contributed by atoms with E-state index in [1.54, 1.807) is 7.11 Å². The van der Waals surface area contributed by atoms with Gasteiger partial charge in [-0.25, -0.2) is 9.97 Å². The van der Waals surface area contributed by atoms with Crippen LogP contribution in [0, 0.1) is 6.92 Å². The van der Waals surface area contributed by atoms with Crippen molar-refractivity contribution < 1.29 is 4.74 Å². The van der Waals surface area contributed by atoms with Gasteiger partial charge in [-0.05, 0) is 19.8 Å². The van der Waals surface area contributed by atoms with Crippen molar-refractivity contribution in [1.29, 1.82) is 0 Å². The van der Waals surface area contributed by atoms with E-state index in [1.165, 1.54) is 12.0 Å². The summed E-state index contributed by atoms with van der Waals surface area (Å²) in [4.78, 5) is 11.4. The maximum Gasteiger partial charge on any atom is 0.156 e. The van der Waals surface area contributed by atoms with Crippen molar-refractivity contribution in [1.82, 2.24) is 20.2 Å². The Balaban J connectivity index is 1.91. The number of rotatable bonds is 4. The van der Waals surface area contributed by atoms with Gasteiger partial charge in [-0.3, -0.25) is 5.10 Å². The molecule has 6 nitrogen and oxygen atoms in total. The molecule has 0 unspecified atom stereocenters. The Hall–Kier alpha value is -1.95. The molecule has 3 rings (SSSR count). The highest BCUT2D eigenvalue weighted by Crippen LogP contribution is 2.34. The van der Waals surface area contributed by atoms with Crippen LogP contribution < -0.4 is 4.90 Å². The van der Waals surface area contributed by atoms with Gasteiger partial charge in [0.2, 0.25) is 0 Å². The second-order valence-electron chi connectivity index (χ2n) is 5.10. The van der Waals surface area contributed by atoms with Crippen LogP contribution in [0.3, 0.4) is 0 Å². The van der Waals surface area contributed by atoms with Crippen LogP contribution in [0.25, 0.3) is 0 Å². The maximum absolute atomic E-state index is 5.14. The Kier molecular flexibility index (Phi) is 3.64. The second-order valence-corrected chi connectivity index (χ2v) is 5.10. The minimum Gasteiger partial charge on any atom is -0.377 e. The van der Waals surface area contributed by atoms with Gasteiger partial charge in [0.15, 0.2) is 5.82 Å². The highest BCUT2D eigenvalue weighted by atomic mass is 16.5. The number of anilines is 1. The predicted molar refractivity (Wildman–Crippen MR) is 75.4 cm³/mol. The van der Waals surface area contributed by atoms with Crippen LogP contribution in [-0.2, 0) is 11.3 Å². The number of hydrogen-bond acceptors (Lipinski definition) is 5. The third-order valence-corrected chi connectivity index (χ3v) is 3.61. The standard InChI is InChI=1S/C14H19N5O/c1-10-6-14(18-13(17-10)9-20-2)19-5-3-4-12(19)11-7-15-16-8-11/h6-8,12H,3-5,9H2,1-2H3,(H,15,16)/t12-/m1/s1. The molecule has 20 heavy (non-hydrogen) atoms. The number of aromatic amines is 1. The third-order valence-electron chi connectivity index (χ3n) is 3.61. The monoisotopic (exact) mass is 273 g/mol. The zero-order valence-corrected chi connectivity index (χ0v) is 11.8. The van der Waals surface area contributed by atoms with Gasteiger partial charge in [0, 0.05) is 37.2 Å². The van der Waals surface area contributed by atoms with E-state index >= 15 is 0 Å². The molecule has 1 aliphatic heterocycles. The molecule has 1 fully saturated rings. The lowest BCUT2D eigenvalue weighted by Crippen LogP contribution is -2.24. The summed E-state index contributed by atoms with van der Waals surface area (Å²) in [5, 5.41) is 6.95. The van der Waals surface area contributed by atoms with Gasteiger partial charge >= 0.3 is 0 Å². The first-order valence-electron chi connectivity index (χ1n) is 6.87. The number of nitrogens with zero attached hydrogens (tertiary/aromatic N) is 4. The topological polar surface area (TPSA) is 66.9 Å². The first-order valence-corrected chi connectivity index (χ1v) is 6.87. The lowest BCUT2D eigenvalue weighted by atomic mass is 10.1. The van der Waals surface area contributed by atoms with E-state index in [1.807, 2.05) is 25.4 Å². The van der Waals surface area contributed by atoms with Crippen LogP contribution in [0.4, 0.5) is 5.82 Å². The summed E-state index contributed by atoms with van der Waals surface area (Å²) in [6.07, 6.45) is 6.15. The lowest BCUT2D eigenvalue weighted by molar-refractivity contribution is 0.177. The van der Waals surface area contributed by atoms with Gasteiger partial charge < -0.3 is 9.64 Å². The number of nitrogens with one attached hydrogen (secondary N) is 1. The molecular weight excluding hydrogens is 254 g/mol. The summed E-state index contributed by atoms with van der Waals surface area (Å²) >= 11 is 0. The van der Waals surface area contributed by atoms with E-state index in [4.69, 9.17) is 4.74 Å². The number of aromatic nitrogens is 4. The molecule has 1 saturated heterocycles. The first-order chi connectivity index (χ1) is 9.78. The molecular formula is C14H19N5O. The van der Waals surface area contributed by atoms with Crippen LogP contribution in [0.15, 0.2) is 18.5 Å². The largest absolute Gasteiger partial charge is 0.377 e. The maximum atomic E-state index is 5.14. The summed E-state index contributed by atoms with van der Waals surface area (Å²) in [7, 11) is 1.66. The number of methoxy groups -OCH3 is 1. The van der Waals surface area contributed by atoms with Gasteiger partial charge in [0.1, 0.15) is 12.4 Å². The summed E-state index contributed by atoms with van der Waals surface area (Å²) in [5.41, 5.74) is 2.19. The van der Waals surface area contributed by atoms with Crippen LogP contribution >= 0.6 is 0 Å². The number of aryl methyl sites for hydroxylation is 1. The van der Waals surface area contributed by atoms with Crippen molar-refractivity contribution in [3.05, 3.63) is 35.5 Å². The molecule has 2 aromatic rings. The summed E-state index contributed by atoms with van der Waals surface area (Å²) in [6.45, 7) is 3.45. The fourth-order valence-electron chi connectivity index (χ4n) is 2.78. The molecule has 0 spiro atoms. The van der Waals surface area contributed by atoms with E-state index in [0.717, 1.165) is 30.3 Å². The van der Waals surface area contributed by atoms with E-state index in [0.29, 0.717) is 12.6 Å². The second kappa shape index (κ2) is 5.58. The normalized spacial score (nSPS) is 18.7. The van der Waals surface area contributed by atoms with Crippen molar-refractivity contribution in [3.63, 3.8) is 0 Å². The molecule has 0 aliphatic carbocycles. The minimum atomic E-state index is 0.346. The van der Waals surface area contributed by atoms with Crippen molar-refractivity contribution in [2.75, 3.05) is 18.6 Å². The molecule has 106 valence electrons. The Bertz CT molecular complexity index is 569. The minimum absolute atomic E-state index is 0.346. The summed E-state index contributed by atoms with van der Waals surface area (Å²) < 4.78 is 5.14. The van der Waals surface area contributed by atoms with E-state index in [9.17, 15) is 0 Å². The van der Waals surface area contributed by atoms with Crippen molar-refractivity contribution >= 4 is 5.82 Å². The van der Waals surface area contributed by atoms with E-state index < -0.39 is 0 Å². The van der Waals surface area contributed by atoms with Crippen LogP contribution in [0.2, 0.25) is 0 Å². The van der Waals surface area contributed by atoms with Gasteiger partial charge in [0.25, 0.3) is 0 Å². The Morgan fingerprint density at radius 1 is 1.45 bits per heavy atom. The molecule has 2 aromatic heterocycles. The lowest BCUT2D eigenvalue weighted by Gasteiger charge is -2.25. The molecule has 0 radical (unpaired) electrons. The van der Waals surface area contributed by atoms with Crippen LogP contribution in [0.5, 0.6) is 0 Å². The molecule has 1 N–H and O–H groups in total. The zero-order chi connectivity index (χ0) is 13.9. The Morgan fingerprint density at radius 3 is 3.10 bits per heavy atom. The van der Waals surface area contributed by atoms with Crippen LogP contribution in [0.1, 0.15) is 36.0 Å². The average Bonchev–Trinajstić information content (AvgIpc) is 3.09. The molecule has 1 aliphatic rings. The fraction of sp³-hybridized carbons (Fsp3) is 0.500. The molecule has 3 heterocycles. The smallest absolute Gasteiger partial charge is 0.156 e. The average molecular weight is 273 g/mol. The van der Waals surface area contributed by atoms with Crippen LogP contribution in [-0.4, -0.2) is 33.8 Å². The molecule has 0 saturated carbocycles. The van der Waals surface area contributed by atoms with Gasteiger partial charge in [0.05, 0.1) is 12.2 Å². The molecule has 0 bridgehead atoms. The third kappa shape index (κ3) is 2.51. The zero-order valence-electron chi connectivity index (χ0n) is 11.8. The summed E-state index contributed by atoms with van der Waals surface area (Å²) in [6, 6.07) is 2.39. The SMILES string of the molecule is COCc1nc(C)cc(N2CCC[C@@H]2c2cn[nH]c2)n1.